The van der Waals surface area contributed by atoms with Crippen molar-refractivity contribution in [2.75, 3.05) is 30.3 Å². The second-order valence-electron chi connectivity index (χ2n) is 8.38. The first-order valence-electron chi connectivity index (χ1n) is 11.3. The van der Waals surface area contributed by atoms with E-state index in [4.69, 9.17) is 0 Å². The van der Waals surface area contributed by atoms with E-state index in [2.05, 4.69) is 43.5 Å². The van der Waals surface area contributed by atoms with Crippen molar-refractivity contribution in [3.63, 3.8) is 0 Å². The van der Waals surface area contributed by atoms with E-state index < -0.39 is 0 Å². The van der Waals surface area contributed by atoms with Crippen molar-refractivity contribution in [2.24, 2.45) is 0 Å². The van der Waals surface area contributed by atoms with Gasteiger partial charge in [0.1, 0.15) is 17.5 Å². The van der Waals surface area contributed by atoms with Gasteiger partial charge in [-0.05, 0) is 62.5 Å². The van der Waals surface area contributed by atoms with E-state index in [0.29, 0.717) is 18.2 Å². The zero-order valence-electron chi connectivity index (χ0n) is 19.0. The van der Waals surface area contributed by atoms with Crippen molar-refractivity contribution >= 4 is 23.2 Å². The number of aryl methyl sites for hydroxylation is 2. The molecule has 1 fully saturated rings. The van der Waals surface area contributed by atoms with Crippen molar-refractivity contribution in [3.05, 3.63) is 71.6 Å². The summed E-state index contributed by atoms with van der Waals surface area (Å²) in [5.41, 5.74) is 4.10. The van der Waals surface area contributed by atoms with Crippen LogP contribution < -0.4 is 10.6 Å². The number of rotatable bonds is 7. The number of nitrogens with zero attached hydrogens (tertiary/aromatic N) is 4. The Labute approximate surface area is 193 Å². The summed E-state index contributed by atoms with van der Waals surface area (Å²) in [5, 5.41) is 6.18. The first-order chi connectivity index (χ1) is 16.0. The molecule has 0 saturated carbocycles. The molecular formula is C25H29FN6O. The van der Waals surface area contributed by atoms with Crippen LogP contribution in [0.1, 0.15) is 42.5 Å². The highest BCUT2D eigenvalue weighted by Crippen LogP contribution is 2.27. The average molecular weight is 449 g/mol. The maximum atomic E-state index is 13.1. The molecule has 4 rings (SSSR count). The van der Waals surface area contributed by atoms with E-state index in [-0.39, 0.29) is 17.6 Å². The van der Waals surface area contributed by atoms with Gasteiger partial charge in [-0.15, -0.1) is 0 Å². The minimum absolute atomic E-state index is 0.0234. The standard InChI is InChI=1S/C25H29FN6O/c1-3-18-6-4-5-17(2)25(18)31-24(33)16-32-11-9-19(10-12-32)21-14-27-15-23(29-21)30-22-8-7-20(26)13-28-22/h4-8,13-15,19H,3,9-12,16H2,1-2H3,(H,31,33)(H,28,29,30). The molecule has 2 N–H and O–H groups in total. The van der Waals surface area contributed by atoms with Crippen molar-refractivity contribution in [1.29, 1.82) is 0 Å². The molecular weight excluding hydrogens is 419 g/mol. The maximum Gasteiger partial charge on any atom is 0.238 e. The molecule has 0 bridgehead atoms. The monoisotopic (exact) mass is 448 g/mol. The van der Waals surface area contributed by atoms with Crippen LogP contribution in [0.3, 0.4) is 0 Å². The molecule has 0 unspecified atom stereocenters. The van der Waals surface area contributed by atoms with Crippen LogP contribution in [0.15, 0.2) is 48.9 Å². The molecule has 1 saturated heterocycles. The Morgan fingerprint density at radius 2 is 1.94 bits per heavy atom. The minimum Gasteiger partial charge on any atom is -0.324 e. The molecule has 3 aromatic rings. The van der Waals surface area contributed by atoms with Gasteiger partial charge in [-0.1, -0.05) is 25.1 Å². The maximum absolute atomic E-state index is 13.1. The summed E-state index contributed by atoms with van der Waals surface area (Å²) in [6, 6.07) is 9.02. The van der Waals surface area contributed by atoms with Gasteiger partial charge >= 0.3 is 0 Å². The van der Waals surface area contributed by atoms with Crippen molar-refractivity contribution in [3.8, 4) is 0 Å². The molecule has 1 amide bonds. The zero-order valence-corrected chi connectivity index (χ0v) is 19.0. The number of hydrogen-bond acceptors (Lipinski definition) is 6. The van der Waals surface area contributed by atoms with Crippen LogP contribution in [-0.4, -0.2) is 45.4 Å². The molecule has 1 aliphatic rings. The van der Waals surface area contributed by atoms with Crippen molar-refractivity contribution in [2.45, 2.75) is 39.0 Å². The summed E-state index contributed by atoms with van der Waals surface area (Å²) in [6.07, 6.45) is 7.28. The molecule has 172 valence electrons. The normalized spacial score (nSPS) is 14.8. The molecule has 8 heteroatoms. The first kappa shape index (κ1) is 22.8. The lowest BCUT2D eigenvalue weighted by atomic mass is 9.94. The number of amides is 1. The van der Waals surface area contributed by atoms with Crippen molar-refractivity contribution < 1.29 is 9.18 Å². The smallest absolute Gasteiger partial charge is 0.238 e. The number of halogens is 1. The SMILES string of the molecule is CCc1cccc(C)c1NC(=O)CN1CCC(c2cncc(Nc3ccc(F)cn3)n2)CC1. The molecule has 0 atom stereocenters. The summed E-state index contributed by atoms with van der Waals surface area (Å²) in [5.74, 6) is 1.02. The lowest BCUT2D eigenvalue weighted by molar-refractivity contribution is -0.117. The summed E-state index contributed by atoms with van der Waals surface area (Å²) >= 11 is 0. The number of hydrogen-bond donors (Lipinski definition) is 2. The second kappa shape index (κ2) is 10.5. The Morgan fingerprint density at radius 1 is 1.12 bits per heavy atom. The molecule has 0 aliphatic carbocycles. The number of anilines is 3. The molecule has 7 nitrogen and oxygen atoms in total. The Kier molecular flexibility index (Phi) is 7.24. The van der Waals surface area contributed by atoms with E-state index in [1.165, 1.54) is 6.07 Å². The third-order valence-corrected chi connectivity index (χ3v) is 6.01. The lowest BCUT2D eigenvalue weighted by Crippen LogP contribution is -2.39. The highest BCUT2D eigenvalue weighted by atomic mass is 19.1. The Hall–Kier alpha value is -3.39. The highest BCUT2D eigenvalue weighted by Gasteiger charge is 2.24. The molecule has 2 aromatic heterocycles. The van der Waals surface area contributed by atoms with Gasteiger partial charge in [-0.25, -0.2) is 14.4 Å². The fourth-order valence-electron chi connectivity index (χ4n) is 4.19. The van der Waals surface area contributed by atoms with Gasteiger partial charge in [0.2, 0.25) is 5.91 Å². The molecule has 0 radical (unpaired) electrons. The van der Waals surface area contributed by atoms with Gasteiger partial charge in [0.05, 0.1) is 24.6 Å². The van der Waals surface area contributed by atoms with Crippen LogP contribution in [0.5, 0.6) is 0 Å². The minimum atomic E-state index is -0.384. The summed E-state index contributed by atoms with van der Waals surface area (Å²) in [6.45, 7) is 6.15. The lowest BCUT2D eigenvalue weighted by Gasteiger charge is -2.31. The van der Waals surface area contributed by atoms with Crippen molar-refractivity contribution in [1.82, 2.24) is 19.9 Å². The van der Waals surface area contributed by atoms with Gasteiger partial charge < -0.3 is 10.6 Å². The fraction of sp³-hybridized carbons (Fsp3) is 0.360. The quantitative estimate of drug-likeness (QED) is 0.556. The van der Waals surface area contributed by atoms with E-state index >= 15 is 0 Å². The number of likely N-dealkylation sites (tertiary alicyclic amines) is 1. The molecule has 1 aromatic carbocycles. The van der Waals surface area contributed by atoms with Gasteiger partial charge in [-0.2, -0.15) is 0 Å². The third kappa shape index (κ3) is 5.90. The van der Waals surface area contributed by atoms with Gasteiger partial charge in [0, 0.05) is 17.8 Å². The fourth-order valence-corrected chi connectivity index (χ4v) is 4.19. The van der Waals surface area contributed by atoms with Crippen LogP contribution in [0.4, 0.5) is 21.7 Å². The number of carbonyl (C=O) groups is 1. The van der Waals surface area contributed by atoms with Gasteiger partial charge in [-0.3, -0.25) is 14.7 Å². The van der Waals surface area contributed by atoms with Gasteiger partial charge in [0.25, 0.3) is 0 Å². The largest absolute Gasteiger partial charge is 0.324 e. The number of piperidine rings is 1. The summed E-state index contributed by atoms with van der Waals surface area (Å²) in [4.78, 5) is 27.9. The molecule has 3 heterocycles. The number of benzene rings is 1. The van der Waals surface area contributed by atoms with Crippen LogP contribution in [0.2, 0.25) is 0 Å². The van der Waals surface area contributed by atoms with Gasteiger partial charge in [0.15, 0.2) is 0 Å². The predicted molar refractivity (Wildman–Crippen MR) is 127 cm³/mol. The predicted octanol–water partition coefficient (Wildman–Crippen LogP) is 4.44. The van der Waals surface area contributed by atoms with Crippen LogP contribution in [0.25, 0.3) is 0 Å². The summed E-state index contributed by atoms with van der Waals surface area (Å²) < 4.78 is 13.1. The molecule has 1 aliphatic heterocycles. The highest BCUT2D eigenvalue weighted by molar-refractivity contribution is 5.93. The topological polar surface area (TPSA) is 83.0 Å². The van der Waals surface area contributed by atoms with E-state index in [0.717, 1.165) is 61.1 Å². The average Bonchev–Trinajstić information content (AvgIpc) is 2.82. The third-order valence-electron chi connectivity index (χ3n) is 6.01. The Balaban J connectivity index is 1.31. The van der Waals surface area contributed by atoms with E-state index in [1.54, 1.807) is 18.5 Å². The van der Waals surface area contributed by atoms with E-state index in [9.17, 15) is 9.18 Å². The van der Waals surface area contributed by atoms with Crippen LogP contribution in [-0.2, 0) is 11.2 Å². The number of pyridine rings is 1. The summed E-state index contributed by atoms with van der Waals surface area (Å²) in [7, 11) is 0. The number of carbonyl (C=O) groups excluding carboxylic acids is 1. The second-order valence-corrected chi connectivity index (χ2v) is 8.38. The van der Waals surface area contributed by atoms with Crippen LogP contribution >= 0.6 is 0 Å². The Bertz CT molecular complexity index is 1100. The first-order valence-corrected chi connectivity index (χ1v) is 11.3. The van der Waals surface area contributed by atoms with E-state index in [1.807, 2.05) is 19.1 Å². The molecule has 0 spiro atoms. The zero-order chi connectivity index (χ0) is 23.2. The number of nitrogens with one attached hydrogen (secondary N) is 2. The Morgan fingerprint density at radius 3 is 2.67 bits per heavy atom. The number of para-hydroxylation sites is 1. The van der Waals surface area contributed by atoms with Crippen LogP contribution in [0, 0.1) is 12.7 Å². The number of aromatic nitrogens is 3. The molecule has 33 heavy (non-hydrogen) atoms.